The van der Waals surface area contributed by atoms with E-state index in [1.165, 1.54) is 17.4 Å². The molecule has 0 bridgehead atoms. The quantitative estimate of drug-likeness (QED) is 0.841. The molecular weight excluding hydrogens is 382 g/mol. The number of thiophene rings is 1. The number of aliphatic imine (C=N–C) groups is 1. The molecule has 0 fully saturated rings. The van der Waals surface area contributed by atoms with Gasteiger partial charge in [0, 0.05) is 23.9 Å². The Morgan fingerprint density at radius 3 is 2.76 bits per heavy atom. The molecule has 0 atom stereocenters. The first-order valence-corrected chi connectivity index (χ1v) is 10.2. The van der Waals surface area contributed by atoms with E-state index in [2.05, 4.69) is 9.71 Å². The summed E-state index contributed by atoms with van der Waals surface area (Å²) in [6, 6.07) is 10.3. The number of sulfonamides is 1. The van der Waals surface area contributed by atoms with Gasteiger partial charge in [0.25, 0.3) is 10.0 Å². The van der Waals surface area contributed by atoms with Crippen LogP contribution in [0.3, 0.4) is 0 Å². The van der Waals surface area contributed by atoms with E-state index in [0.717, 1.165) is 4.88 Å². The van der Waals surface area contributed by atoms with Gasteiger partial charge < -0.3 is 4.90 Å². The molecule has 6 nitrogen and oxygen atoms in total. The van der Waals surface area contributed by atoms with Gasteiger partial charge in [-0.05, 0) is 24.3 Å². The van der Waals surface area contributed by atoms with Gasteiger partial charge >= 0.3 is 0 Å². The number of amides is 1. The number of nitrogens with zero attached hydrogens (tertiary/aromatic N) is 2. The molecule has 0 unspecified atom stereocenters. The minimum Gasteiger partial charge on any atom is -0.341 e. The third-order valence-electron chi connectivity index (χ3n) is 3.71. The summed E-state index contributed by atoms with van der Waals surface area (Å²) in [6.07, 6.45) is 0.197. The lowest BCUT2D eigenvalue weighted by Gasteiger charge is -2.15. The summed E-state index contributed by atoms with van der Waals surface area (Å²) >= 11 is 7.32. The van der Waals surface area contributed by atoms with E-state index in [0.29, 0.717) is 16.4 Å². The first-order chi connectivity index (χ1) is 11.9. The molecule has 0 radical (unpaired) electrons. The van der Waals surface area contributed by atoms with Crippen molar-refractivity contribution >= 4 is 44.7 Å². The predicted molar refractivity (Wildman–Crippen MR) is 98.6 cm³/mol. The van der Waals surface area contributed by atoms with Crippen LogP contribution in [-0.2, 0) is 21.4 Å². The first-order valence-electron chi connectivity index (χ1n) is 7.51. The molecule has 0 saturated carbocycles. The number of hydrogen-bond acceptors (Lipinski definition) is 5. The van der Waals surface area contributed by atoms with Crippen molar-refractivity contribution in [1.29, 1.82) is 0 Å². The molecule has 1 aliphatic rings. The summed E-state index contributed by atoms with van der Waals surface area (Å²) < 4.78 is 27.1. The van der Waals surface area contributed by atoms with Gasteiger partial charge in [0.15, 0.2) is 0 Å². The fraction of sp³-hybridized carbons (Fsp3) is 0.250. The summed E-state index contributed by atoms with van der Waals surface area (Å²) in [7, 11) is -1.83. The Labute approximate surface area is 155 Å². The van der Waals surface area contributed by atoms with Crippen molar-refractivity contribution in [3.63, 3.8) is 0 Å². The van der Waals surface area contributed by atoms with Gasteiger partial charge in [-0.15, -0.1) is 11.3 Å². The molecule has 3 rings (SSSR count). The Morgan fingerprint density at radius 1 is 1.28 bits per heavy atom. The largest absolute Gasteiger partial charge is 0.341 e. The molecule has 0 spiro atoms. The SMILES string of the molecule is CN(Cc1ccc(Cl)s1)C(=O)CCN=C1NS(=O)(=O)c2ccccc21. The second-order valence-electron chi connectivity index (χ2n) is 5.54. The van der Waals surface area contributed by atoms with Crippen molar-refractivity contribution in [3.05, 3.63) is 51.2 Å². The number of nitrogens with one attached hydrogen (secondary N) is 1. The smallest absolute Gasteiger partial charge is 0.263 e. The first kappa shape index (κ1) is 17.9. The van der Waals surface area contributed by atoms with Crippen LogP contribution in [0.5, 0.6) is 0 Å². The van der Waals surface area contributed by atoms with Gasteiger partial charge in [-0.1, -0.05) is 23.7 Å². The van der Waals surface area contributed by atoms with Gasteiger partial charge in [-0.3, -0.25) is 14.5 Å². The minimum atomic E-state index is -3.55. The molecule has 2 heterocycles. The molecule has 1 aromatic carbocycles. The number of carbonyl (C=O) groups is 1. The van der Waals surface area contributed by atoms with Crippen molar-refractivity contribution in [2.24, 2.45) is 4.99 Å². The van der Waals surface area contributed by atoms with Crippen LogP contribution in [0.15, 0.2) is 46.3 Å². The zero-order valence-corrected chi connectivity index (χ0v) is 15.8. The van der Waals surface area contributed by atoms with E-state index in [9.17, 15) is 13.2 Å². The van der Waals surface area contributed by atoms with Crippen molar-refractivity contribution < 1.29 is 13.2 Å². The standard InChI is InChI=1S/C16H16ClN3O3S2/c1-20(10-11-6-7-14(17)24-11)15(21)8-9-18-16-12-4-2-3-5-13(12)25(22,23)19-16/h2-7H,8-10H2,1H3,(H,18,19). The summed E-state index contributed by atoms with van der Waals surface area (Å²) in [6.45, 7) is 0.697. The molecule has 25 heavy (non-hydrogen) atoms. The van der Waals surface area contributed by atoms with Crippen LogP contribution >= 0.6 is 22.9 Å². The number of rotatable bonds is 5. The van der Waals surface area contributed by atoms with Crippen LogP contribution in [0.25, 0.3) is 0 Å². The molecular formula is C16H16ClN3O3S2. The molecule has 9 heteroatoms. The maximum Gasteiger partial charge on any atom is 0.263 e. The summed E-state index contributed by atoms with van der Waals surface area (Å²) in [5, 5.41) is 0. The third kappa shape index (κ3) is 4.02. The lowest BCUT2D eigenvalue weighted by atomic mass is 10.2. The van der Waals surface area contributed by atoms with Crippen molar-refractivity contribution in [1.82, 2.24) is 9.62 Å². The van der Waals surface area contributed by atoms with E-state index in [4.69, 9.17) is 11.6 Å². The van der Waals surface area contributed by atoms with Crippen LogP contribution in [-0.4, -0.2) is 38.7 Å². The lowest BCUT2D eigenvalue weighted by molar-refractivity contribution is -0.130. The topological polar surface area (TPSA) is 78.8 Å². The molecule has 132 valence electrons. The summed E-state index contributed by atoms with van der Waals surface area (Å²) in [5.41, 5.74) is 0.538. The van der Waals surface area contributed by atoms with Gasteiger partial charge in [0.05, 0.1) is 22.3 Å². The van der Waals surface area contributed by atoms with Crippen LogP contribution in [0.2, 0.25) is 4.34 Å². The number of benzene rings is 1. The molecule has 2 aromatic rings. The van der Waals surface area contributed by atoms with Crippen LogP contribution < -0.4 is 4.72 Å². The van der Waals surface area contributed by atoms with Gasteiger partial charge in [0.1, 0.15) is 5.84 Å². The second-order valence-corrected chi connectivity index (χ2v) is 8.99. The average Bonchev–Trinajstić information content (AvgIpc) is 3.09. The van der Waals surface area contributed by atoms with E-state index < -0.39 is 10.0 Å². The van der Waals surface area contributed by atoms with E-state index in [-0.39, 0.29) is 29.6 Å². The van der Waals surface area contributed by atoms with Crippen molar-refractivity contribution in [2.75, 3.05) is 13.6 Å². The highest BCUT2D eigenvalue weighted by molar-refractivity contribution is 7.90. The van der Waals surface area contributed by atoms with Gasteiger partial charge in [-0.2, -0.15) is 0 Å². The Balaban J connectivity index is 1.61. The number of halogens is 1. The average molecular weight is 398 g/mol. The third-order valence-corrected chi connectivity index (χ3v) is 6.32. The maximum atomic E-state index is 12.2. The molecule has 1 aliphatic heterocycles. The second kappa shape index (κ2) is 7.15. The summed E-state index contributed by atoms with van der Waals surface area (Å²) in [5.74, 6) is 0.221. The normalized spacial score (nSPS) is 16.5. The van der Waals surface area contributed by atoms with Gasteiger partial charge in [-0.25, -0.2) is 8.42 Å². The molecule has 0 aliphatic carbocycles. The van der Waals surface area contributed by atoms with Crippen LogP contribution in [0.1, 0.15) is 16.9 Å². The lowest BCUT2D eigenvalue weighted by Crippen LogP contribution is -2.27. The number of carbonyl (C=O) groups excluding carboxylic acids is 1. The highest BCUT2D eigenvalue weighted by Crippen LogP contribution is 2.23. The Bertz CT molecular complexity index is 938. The van der Waals surface area contributed by atoms with Crippen molar-refractivity contribution in [3.8, 4) is 0 Å². The van der Waals surface area contributed by atoms with Crippen LogP contribution in [0, 0.1) is 0 Å². The fourth-order valence-corrected chi connectivity index (χ4v) is 4.86. The maximum absolute atomic E-state index is 12.2. The van der Waals surface area contributed by atoms with E-state index >= 15 is 0 Å². The fourth-order valence-electron chi connectivity index (χ4n) is 2.46. The highest BCUT2D eigenvalue weighted by atomic mass is 35.5. The highest BCUT2D eigenvalue weighted by Gasteiger charge is 2.29. The molecule has 0 saturated heterocycles. The summed E-state index contributed by atoms with van der Waals surface area (Å²) in [4.78, 5) is 19.3. The Hall–Kier alpha value is -1.90. The Kier molecular flexibility index (Phi) is 5.12. The van der Waals surface area contributed by atoms with Crippen molar-refractivity contribution in [2.45, 2.75) is 17.9 Å². The molecule has 1 amide bonds. The number of fused-ring (bicyclic) bond motifs is 1. The van der Waals surface area contributed by atoms with Gasteiger partial charge in [0.2, 0.25) is 5.91 Å². The Morgan fingerprint density at radius 2 is 2.04 bits per heavy atom. The predicted octanol–water partition coefficient (Wildman–Crippen LogP) is 2.49. The number of amidine groups is 1. The minimum absolute atomic E-state index is 0.0667. The monoisotopic (exact) mass is 397 g/mol. The molecule has 1 N–H and O–H groups in total. The zero-order chi connectivity index (χ0) is 18.0. The zero-order valence-electron chi connectivity index (χ0n) is 13.4. The van der Waals surface area contributed by atoms with Crippen LogP contribution in [0.4, 0.5) is 0 Å². The molecule has 1 aromatic heterocycles. The van der Waals surface area contributed by atoms with E-state index in [1.54, 1.807) is 36.2 Å². The van der Waals surface area contributed by atoms with E-state index in [1.807, 2.05) is 6.07 Å². The number of hydrogen-bond donors (Lipinski definition) is 1.